The molecule has 0 radical (unpaired) electrons. The second-order valence-corrected chi connectivity index (χ2v) is 5.72. The Labute approximate surface area is 132 Å². The molecule has 1 amide bonds. The van der Waals surface area contributed by atoms with Crippen LogP contribution in [-0.4, -0.2) is 42.8 Å². The van der Waals surface area contributed by atoms with E-state index in [0.717, 1.165) is 4.90 Å². The monoisotopic (exact) mass is 335 g/mol. The Morgan fingerprint density at radius 2 is 1.82 bits per heavy atom. The minimum atomic E-state index is -4.41. The third kappa shape index (κ3) is 5.18. The van der Waals surface area contributed by atoms with Crippen LogP contribution in [0.5, 0.6) is 0 Å². The molecule has 0 aromatic heterocycles. The number of benzene rings is 1. The van der Waals surface area contributed by atoms with E-state index < -0.39 is 24.7 Å². The lowest BCUT2D eigenvalue weighted by molar-refractivity contribution is -0.168. The molecule has 3 nitrogen and oxygen atoms in total. The highest BCUT2D eigenvalue weighted by Crippen LogP contribution is 2.23. The first-order chi connectivity index (χ1) is 10.3. The molecule has 7 heteroatoms. The number of halogens is 4. The smallest absolute Gasteiger partial charge is 0.381 e. The van der Waals surface area contributed by atoms with Gasteiger partial charge >= 0.3 is 6.18 Å². The van der Waals surface area contributed by atoms with Crippen LogP contribution < -0.4 is 0 Å². The fourth-order valence-corrected chi connectivity index (χ4v) is 2.62. The van der Waals surface area contributed by atoms with E-state index in [1.54, 1.807) is 24.3 Å². The Bertz CT molecular complexity index is 499. The van der Waals surface area contributed by atoms with E-state index in [9.17, 15) is 18.0 Å². The van der Waals surface area contributed by atoms with Crippen molar-refractivity contribution in [1.29, 1.82) is 0 Å². The van der Waals surface area contributed by atoms with Crippen LogP contribution in [0.15, 0.2) is 24.3 Å². The first kappa shape index (κ1) is 17.1. The number of carbonyl (C=O) groups is 1. The van der Waals surface area contributed by atoms with Gasteiger partial charge < -0.3 is 9.64 Å². The molecule has 1 fully saturated rings. The summed E-state index contributed by atoms with van der Waals surface area (Å²) < 4.78 is 43.5. The third-order valence-electron chi connectivity index (χ3n) is 3.57. The average Bonchev–Trinajstić information content (AvgIpc) is 2.47. The van der Waals surface area contributed by atoms with E-state index >= 15 is 0 Å². The summed E-state index contributed by atoms with van der Waals surface area (Å²) in [4.78, 5) is 13.3. The molecule has 0 N–H and O–H groups in total. The Morgan fingerprint density at radius 3 is 2.36 bits per heavy atom. The largest absolute Gasteiger partial charge is 0.406 e. The number of hydrogen-bond donors (Lipinski definition) is 0. The molecular weight excluding hydrogens is 319 g/mol. The first-order valence-electron chi connectivity index (χ1n) is 7.03. The van der Waals surface area contributed by atoms with Crippen molar-refractivity contribution in [3.8, 4) is 0 Å². The van der Waals surface area contributed by atoms with Crippen molar-refractivity contribution in [3.63, 3.8) is 0 Å². The quantitative estimate of drug-likeness (QED) is 0.843. The number of amides is 1. The van der Waals surface area contributed by atoms with Crippen LogP contribution in [0.3, 0.4) is 0 Å². The Hall–Kier alpha value is -1.27. The summed E-state index contributed by atoms with van der Waals surface area (Å²) in [6.07, 6.45) is -3.61. The fourth-order valence-electron chi connectivity index (χ4n) is 2.49. The van der Waals surface area contributed by atoms with E-state index in [-0.39, 0.29) is 6.42 Å². The van der Waals surface area contributed by atoms with Crippen molar-refractivity contribution < 1.29 is 22.7 Å². The Balaban J connectivity index is 2.08. The molecule has 0 atom stereocenters. The minimum absolute atomic E-state index is 0.0649. The maximum Gasteiger partial charge on any atom is 0.406 e. The molecule has 0 saturated carbocycles. The SMILES string of the molecule is O=C(Cc1ccc(Cl)cc1)N(CC(F)(F)F)C1CCOCC1. The van der Waals surface area contributed by atoms with Gasteiger partial charge in [-0.05, 0) is 30.5 Å². The van der Waals surface area contributed by atoms with Crippen LogP contribution in [0.25, 0.3) is 0 Å². The third-order valence-corrected chi connectivity index (χ3v) is 3.82. The Kier molecular flexibility index (Phi) is 5.69. The highest BCUT2D eigenvalue weighted by atomic mass is 35.5. The Morgan fingerprint density at radius 1 is 1.23 bits per heavy atom. The summed E-state index contributed by atoms with van der Waals surface area (Å²) in [5.74, 6) is -0.522. The molecule has 1 aliphatic heterocycles. The second-order valence-electron chi connectivity index (χ2n) is 5.28. The van der Waals surface area contributed by atoms with Gasteiger partial charge in [-0.25, -0.2) is 0 Å². The zero-order valence-corrected chi connectivity index (χ0v) is 12.7. The van der Waals surface area contributed by atoms with Gasteiger partial charge in [-0.1, -0.05) is 23.7 Å². The van der Waals surface area contributed by atoms with Crippen molar-refractivity contribution in [2.45, 2.75) is 31.5 Å². The molecule has 0 spiro atoms. The molecule has 0 unspecified atom stereocenters. The predicted molar refractivity (Wildman–Crippen MR) is 76.8 cm³/mol. The lowest BCUT2D eigenvalue weighted by Crippen LogP contribution is -2.48. The van der Waals surface area contributed by atoms with Crippen molar-refractivity contribution in [2.24, 2.45) is 0 Å². The van der Waals surface area contributed by atoms with Gasteiger partial charge in [-0.2, -0.15) is 13.2 Å². The van der Waals surface area contributed by atoms with Crippen LogP contribution in [0.1, 0.15) is 18.4 Å². The van der Waals surface area contributed by atoms with Crippen LogP contribution >= 0.6 is 11.6 Å². The van der Waals surface area contributed by atoms with Gasteiger partial charge in [-0.3, -0.25) is 4.79 Å². The number of nitrogens with zero attached hydrogens (tertiary/aromatic N) is 1. The van der Waals surface area contributed by atoms with Gasteiger partial charge in [0.25, 0.3) is 0 Å². The van der Waals surface area contributed by atoms with Gasteiger partial charge in [-0.15, -0.1) is 0 Å². The number of carbonyl (C=O) groups excluding carboxylic acids is 1. The molecule has 0 aliphatic carbocycles. The zero-order chi connectivity index (χ0) is 16.2. The van der Waals surface area contributed by atoms with Gasteiger partial charge in [0.05, 0.1) is 6.42 Å². The standard InChI is InChI=1S/C15H17ClF3NO2/c16-12-3-1-11(2-4-12)9-14(21)20(10-15(17,18)19)13-5-7-22-8-6-13/h1-4,13H,5-10H2. The van der Waals surface area contributed by atoms with Crippen molar-refractivity contribution >= 4 is 17.5 Å². The van der Waals surface area contributed by atoms with E-state index in [1.165, 1.54) is 0 Å². The van der Waals surface area contributed by atoms with Crippen molar-refractivity contribution in [1.82, 2.24) is 4.90 Å². The topological polar surface area (TPSA) is 29.5 Å². The summed E-state index contributed by atoms with van der Waals surface area (Å²) in [5.41, 5.74) is 0.647. The summed E-state index contributed by atoms with van der Waals surface area (Å²) in [6, 6.07) is 6.11. The normalized spacial score (nSPS) is 16.5. The highest BCUT2D eigenvalue weighted by molar-refractivity contribution is 6.30. The molecule has 2 rings (SSSR count). The van der Waals surface area contributed by atoms with Gasteiger partial charge in [0.1, 0.15) is 6.54 Å². The van der Waals surface area contributed by atoms with Crippen molar-refractivity contribution in [3.05, 3.63) is 34.9 Å². The minimum Gasteiger partial charge on any atom is -0.381 e. The second kappa shape index (κ2) is 7.33. The number of alkyl halides is 3. The molecule has 1 aromatic rings. The predicted octanol–water partition coefficient (Wildman–Crippen LogP) is 3.45. The fraction of sp³-hybridized carbons (Fsp3) is 0.533. The van der Waals surface area contributed by atoms with Crippen LogP contribution in [0.2, 0.25) is 5.02 Å². The number of ether oxygens (including phenoxy) is 1. The maximum atomic E-state index is 12.8. The van der Waals surface area contributed by atoms with Gasteiger partial charge in [0.2, 0.25) is 5.91 Å². The molecule has 1 heterocycles. The van der Waals surface area contributed by atoms with E-state index in [1.807, 2.05) is 0 Å². The molecule has 0 bridgehead atoms. The molecular formula is C15H17ClF3NO2. The first-order valence-corrected chi connectivity index (χ1v) is 7.41. The summed E-state index contributed by atoms with van der Waals surface area (Å²) in [7, 11) is 0. The lowest BCUT2D eigenvalue weighted by atomic mass is 10.0. The van der Waals surface area contributed by atoms with Crippen LogP contribution in [0, 0.1) is 0 Å². The maximum absolute atomic E-state index is 12.8. The summed E-state index contributed by atoms with van der Waals surface area (Å²) in [5, 5.41) is 0.521. The van der Waals surface area contributed by atoms with Crippen molar-refractivity contribution in [2.75, 3.05) is 19.8 Å². The van der Waals surface area contributed by atoms with E-state index in [0.29, 0.717) is 36.6 Å². The summed E-state index contributed by atoms with van der Waals surface area (Å²) in [6.45, 7) is -0.454. The molecule has 1 aromatic carbocycles. The van der Waals surface area contributed by atoms with Gasteiger partial charge in [0, 0.05) is 24.3 Å². The molecule has 122 valence electrons. The number of rotatable bonds is 4. The van der Waals surface area contributed by atoms with E-state index in [2.05, 4.69) is 0 Å². The van der Waals surface area contributed by atoms with Gasteiger partial charge in [0.15, 0.2) is 0 Å². The average molecular weight is 336 g/mol. The zero-order valence-electron chi connectivity index (χ0n) is 11.9. The number of hydrogen-bond acceptors (Lipinski definition) is 2. The highest BCUT2D eigenvalue weighted by Gasteiger charge is 2.36. The molecule has 1 saturated heterocycles. The lowest BCUT2D eigenvalue weighted by Gasteiger charge is -2.35. The summed E-state index contributed by atoms with van der Waals surface area (Å²) >= 11 is 5.76. The molecule has 22 heavy (non-hydrogen) atoms. The van der Waals surface area contributed by atoms with Crippen LogP contribution in [0.4, 0.5) is 13.2 Å². The van der Waals surface area contributed by atoms with E-state index in [4.69, 9.17) is 16.3 Å². The molecule has 1 aliphatic rings. The van der Waals surface area contributed by atoms with Crippen LogP contribution in [-0.2, 0) is 16.0 Å².